The van der Waals surface area contributed by atoms with Gasteiger partial charge in [0.25, 0.3) is 0 Å². The lowest BCUT2D eigenvalue weighted by Gasteiger charge is -2.25. The van der Waals surface area contributed by atoms with Gasteiger partial charge in [-0.25, -0.2) is 4.39 Å². The van der Waals surface area contributed by atoms with Crippen molar-refractivity contribution in [1.29, 1.82) is 0 Å². The summed E-state index contributed by atoms with van der Waals surface area (Å²) in [5.41, 5.74) is -0.0135. The van der Waals surface area contributed by atoms with Crippen LogP contribution >= 0.6 is 0 Å². The Morgan fingerprint density at radius 1 is 1.30 bits per heavy atom. The zero-order chi connectivity index (χ0) is 15.3. The van der Waals surface area contributed by atoms with Gasteiger partial charge in [0.05, 0.1) is 11.5 Å². The van der Waals surface area contributed by atoms with Crippen LogP contribution in [0.2, 0.25) is 0 Å². The lowest BCUT2D eigenvalue weighted by molar-refractivity contribution is -0.126. The minimum Gasteiger partial charge on any atom is -0.391 e. The molecular weight excluding hydrogens is 257 g/mol. The Labute approximate surface area is 120 Å². The highest BCUT2D eigenvalue weighted by molar-refractivity contribution is 5.87. The van der Waals surface area contributed by atoms with E-state index >= 15 is 0 Å². The molecular formula is C16H24FNO2. The summed E-state index contributed by atoms with van der Waals surface area (Å²) in [5, 5.41) is 12.5. The van der Waals surface area contributed by atoms with Crippen LogP contribution in [-0.2, 0) is 10.2 Å². The lowest BCUT2D eigenvalue weighted by atomic mass is 9.83. The lowest BCUT2D eigenvalue weighted by Crippen LogP contribution is -2.43. The summed E-state index contributed by atoms with van der Waals surface area (Å²) in [6.07, 6.45) is 0.111. The molecule has 0 bridgehead atoms. The summed E-state index contributed by atoms with van der Waals surface area (Å²) in [6.45, 7) is 7.84. The van der Waals surface area contributed by atoms with Crippen LogP contribution in [0.4, 0.5) is 4.39 Å². The van der Waals surface area contributed by atoms with E-state index in [4.69, 9.17) is 0 Å². The average molecular weight is 281 g/mol. The Morgan fingerprint density at radius 2 is 1.85 bits per heavy atom. The Bertz CT molecular complexity index is 440. The van der Waals surface area contributed by atoms with E-state index in [1.807, 2.05) is 13.8 Å². The van der Waals surface area contributed by atoms with E-state index in [-0.39, 0.29) is 18.3 Å². The van der Waals surface area contributed by atoms with Gasteiger partial charge in [0.1, 0.15) is 5.82 Å². The van der Waals surface area contributed by atoms with Gasteiger partial charge >= 0.3 is 0 Å². The second-order valence-corrected chi connectivity index (χ2v) is 6.13. The minimum atomic E-state index is -0.759. The number of benzene rings is 1. The number of nitrogens with one attached hydrogen (secondary N) is 1. The fourth-order valence-electron chi connectivity index (χ4n) is 2.06. The van der Waals surface area contributed by atoms with Crippen molar-refractivity contribution >= 4 is 5.91 Å². The summed E-state index contributed by atoms with van der Waals surface area (Å²) >= 11 is 0. The molecule has 20 heavy (non-hydrogen) atoms. The molecule has 2 N–H and O–H groups in total. The van der Waals surface area contributed by atoms with Gasteiger partial charge in [-0.3, -0.25) is 4.79 Å². The molecule has 0 spiro atoms. The summed E-state index contributed by atoms with van der Waals surface area (Å²) in [5.74, 6) is -0.115. The number of rotatable bonds is 6. The Hall–Kier alpha value is -1.42. The van der Waals surface area contributed by atoms with Gasteiger partial charge in [-0.1, -0.05) is 26.0 Å². The van der Waals surface area contributed by atoms with Crippen LogP contribution in [0.5, 0.6) is 0 Å². The molecule has 1 unspecified atom stereocenters. The predicted molar refractivity (Wildman–Crippen MR) is 77.9 cm³/mol. The molecule has 1 rings (SSSR count). The summed E-state index contributed by atoms with van der Waals surface area (Å²) in [4.78, 5) is 12.2. The maximum atomic E-state index is 12.9. The zero-order valence-corrected chi connectivity index (χ0v) is 12.6. The minimum absolute atomic E-state index is 0.174. The van der Waals surface area contributed by atoms with E-state index < -0.39 is 11.5 Å². The molecule has 0 aliphatic rings. The predicted octanol–water partition coefficient (Wildman–Crippen LogP) is 2.63. The number of aliphatic hydroxyl groups is 1. The van der Waals surface area contributed by atoms with Crippen molar-refractivity contribution in [1.82, 2.24) is 5.32 Å². The Kier molecular flexibility index (Phi) is 5.69. The van der Waals surface area contributed by atoms with Crippen molar-refractivity contribution < 1.29 is 14.3 Å². The molecule has 0 aliphatic heterocycles. The van der Waals surface area contributed by atoms with Gasteiger partial charge in [-0.15, -0.1) is 0 Å². The van der Waals surface area contributed by atoms with Crippen LogP contribution in [-0.4, -0.2) is 23.7 Å². The fraction of sp³-hybridized carbons (Fsp3) is 0.562. The molecule has 112 valence electrons. The molecule has 0 aromatic heterocycles. The molecule has 0 heterocycles. The second kappa shape index (κ2) is 6.84. The zero-order valence-electron chi connectivity index (χ0n) is 12.6. The highest BCUT2D eigenvalue weighted by atomic mass is 19.1. The quantitative estimate of drug-likeness (QED) is 0.842. The fourth-order valence-corrected chi connectivity index (χ4v) is 2.06. The van der Waals surface area contributed by atoms with E-state index in [9.17, 15) is 14.3 Å². The van der Waals surface area contributed by atoms with Gasteiger partial charge in [-0.05, 0) is 43.9 Å². The van der Waals surface area contributed by atoms with E-state index in [1.165, 1.54) is 12.1 Å². The first-order valence-corrected chi connectivity index (χ1v) is 6.96. The first kappa shape index (κ1) is 16.6. The van der Waals surface area contributed by atoms with Crippen molar-refractivity contribution in [3.8, 4) is 0 Å². The molecule has 0 saturated heterocycles. The maximum Gasteiger partial charge on any atom is 0.230 e. The number of hydrogen-bond donors (Lipinski definition) is 2. The monoisotopic (exact) mass is 281 g/mol. The van der Waals surface area contributed by atoms with E-state index in [0.717, 1.165) is 5.56 Å². The topological polar surface area (TPSA) is 49.3 Å². The largest absolute Gasteiger partial charge is 0.391 e. The maximum absolute atomic E-state index is 12.9. The molecule has 0 fully saturated rings. The van der Waals surface area contributed by atoms with Gasteiger partial charge in [0.2, 0.25) is 5.91 Å². The smallest absolute Gasteiger partial charge is 0.230 e. The van der Waals surface area contributed by atoms with Crippen LogP contribution in [0.3, 0.4) is 0 Å². The number of halogens is 1. The van der Waals surface area contributed by atoms with Crippen LogP contribution in [0.15, 0.2) is 24.3 Å². The van der Waals surface area contributed by atoms with E-state index in [2.05, 4.69) is 5.32 Å². The summed E-state index contributed by atoms with van der Waals surface area (Å²) < 4.78 is 12.9. The second-order valence-electron chi connectivity index (χ2n) is 6.13. The van der Waals surface area contributed by atoms with Crippen molar-refractivity contribution in [2.45, 2.75) is 45.6 Å². The molecule has 4 heteroatoms. The van der Waals surface area contributed by atoms with Crippen molar-refractivity contribution in [2.24, 2.45) is 5.92 Å². The third kappa shape index (κ3) is 4.60. The molecule has 1 atom stereocenters. The molecule has 0 aliphatic carbocycles. The first-order chi connectivity index (χ1) is 9.23. The van der Waals surface area contributed by atoms with Gasteiger partial charge in [-0.2, -0.15) is 0 Å². The molecule has 1 aromatic carbocycles. The van der Waals surface area contributed by atoms with Crippen LogP contribution in [0.1, 0.15) is 39.7 Å². The van der Waals surface area contributed by atoms with Gasteiger partial charge in [0.15, 0.2) is 0 Å². The number of amides is 1. The number of carbonyl (C=O) groups is 1. The van der Waals surface area contributed by atoms with Gasteiger partial charge < -0.3 is 10.4 Å². The first-order valence-electron chi connectivity index (χ1n) is 6.96. The highest BCUT2D eigenvalue weighted by Crippen LogP contribution is 2.23. The molecule has 1 aromatic rings. The molecule has 0 saturated carbocycles. The molecule has 1 amide bonds. The van der Waals surface area contributed by atoms with E-state index in [0.29, 0.717) is 12.3 Å². The van der Waals surface area contributed by atoms with Crippen LogP contribution < -0.4 is 5.32 Å². The van der Waals surface area contributed by atoms with Crippen LogP contribution in [0.25, 0.3) is 0 Å². The molecule has 3 nitrogen and oxygen atoms in total. The van der Waals surface area contributed by atoms with E-state index in [1.54, 1.807) is 26.0 Å². The number of carbonyl (C=O) groups excluding carboxylic acids is 1. The number of aliphatic hydroxyl groups excluding tert-OH is 1. The molecule has 0 radical (unpaired) electrons. The average Bonchev–Trinajstić information content (AvgIpc) is 2.35. The van der Waals surface area contributed by atoms with Crippen molar-refractivity contribution in [3.05, 3.63) is 35.6 Å². The highest BCUT2D eigenvalue weighted by Gasteiger charge is 2.29. The summed E-state index contributed by atoms with van der Waals surface area (Å²) in [6, 6.07) is 5.91. The van der Waals surface area contributed by atoms with Crippen LogP contribution in [0, 0.1) is 11.7 Å². The SMILES string of the molecule is CC(C)CC(O)CNC(=O)C(C)(C)c1ccc(F)cc1. The Morgan fingerprint density at radius 3 is 2.35 bits per heavy atom. The third-order valence-electron chi connectivity index (χ3n) is 3.38. The Balaban J connectivity index is 2.63. The third-order valence-corrected chi connectivity index (χ3v) is 3.38. The van der Waals surface area contributed by atoms with Crippen molar-refractivity contribution in [3.63, 3.8) is 0 Å². The number of hydrogen-bond acceptors (Lipinski definition) is 2. The standard InChI is InChI=1S/C16H24FNO2/c1-11(2)9-14(19)10-18-15(20)16(3,4)12-5-7-13(17)8-6-12/h5-8,11,14,19H,9-10H2,1-4H3,(H,18,20). The normalized spacial score (nSPS) is 13.3. The summed E-state index contributed by atoms with van der Waals surface area (Å²) in [7, 11) is 0. The van der Waals surface area contributed by atoms with Crippen molar-refractivity contribution in [2.75, 3.05) is 6.54 Å². The van der Waals surface area contributed by atoms with Gasteiger partial charge in [0, 0.05) is 6.54 Å².